The van der Waals surface area contributed by atoms with E-state index in [-0.39, 0.29) is 0 Å². The summed E-state index contributed by atoms with van der Waals surface area (Å²) in [5.74, 6) is 2.16. The van der Waals surface area contributed by atoms with Gasteiger partial charge in [0.05, 0.1) is 25.3 Å². The van der Waals surface area contributed by atoms with Crippen molar-refractivity contribution in [2.24, 2.45) is 0 Å². The average molecular weight is 278 g/mol. The average Bonchev–Trinajstić information content (AvgIpc) is 2.90. The lowest BCUT2D eigenvalue weighted by Crippen LogP contribution is -2.41. The smallest absolute Gasteiger partial charge is 0.120 e. The summed E-state index contributed by atoms with van der Waals surface area (Å²) in [6, 6.07) is 2.67. The molecule has 2 atom stereocenters. The highest BCUT2D eigenvalue weighted by Crippen LogP contribution is 2.27. The van der Waals surface area contributed by atoms with E-state index in [1.807, 2.05) is 0 Å². The Labute approximate surface area is 121 Å². The van der Waals surface area contributed by atoms with Crippen LogP contribution < -0.4 is 5.32 Å². The number of nitrogens with one attached hydrogen (secondary N) is 1. The Morgan fingerprint density at radius 2 is 2.00 bits per heavy atom. The van der Waals surface area contributed by atoms with Crippen LogP contribution in [0.1, 0.15) is 43.8 Å². The van der Waals surface area contributed by atoms with Crippen molar-refractivity contribution >= 4 is 0 Å². The van der Waals surface area contributed by atoms with E-state index in [1.54, 1.807) is 0 Å². The molecule has 0 amide bonds. The molecule has 4 nitrogen and oxygen atoms in total. The molecule has 0 aliphatic carbocycles. The summed E-state index contributed by atoms with van der Waals surface area (Å²) in [5.41, 5.74) is 1.25. The van der Waals surface area contributed by atoms with Crippen LogP contribution in [0.4, 0.5) is 0 Å². The minimum Gasteiger partial charge on any atom is -0.463 e. The van der Waals surface area contributed by atoms with Gasteiger partial charge in [0.15, 0.2) is 0 Å². The minimum atomic E-state index is 0.451. The highest BCUT2D eigenvalue weighted by molar-refractivity contribution is 5.20. The number of morpholine rings is 1. The van der Waals surface area contributed by atoms with Gasteiger partial charge >= 0.3 is 0 Å². The van der Waals surface area contributed by atoms with Gasteiger partial charge in [-0.25, -0.2) is 0 Å². The molecular weight excluding hydrogens is 252 g/mol. The fourth-order valence-corrected chi connectivity index (χ4v) is 3.19. The number of furan rings is 1. The molecule has 1 N–H and O–H groups in total. The van der Waals surface area contributed by atoms with Crippen molar-refractivity contribution in [3.05, 3.63) is 23.2 Å². The van der Waals surface area contributed by atoms with E-state index in [4.69, 9.17) is 9.15 Å². The summed E-state index contributed by atoms with van der Waals surface area (Å²) in [6.07, 6.45) is 3.35. The molecule has 0 saturated carbocycles. The molecule has 1 aromatic heterocycles. The van der Waals surface area contributed by atoms with Gasteiger partial charge in [-0.1, -0.05) is 13.8 Å². The van der Waals surface area contributed by atoms with E-state index in [1.165, 1.54) is 18.4 Å². The number of aryl methyl sites for hydroxylation is 1. The van der Waals surface area contributed by atoms with E-state index in [0.717, 1.165) is 37.7 Å². The highest BCUT2D eigenvalue weighted by atomic mass is 16.5. The third kappa shape index (κ3) is 3.25. The molecule has 0 spiro atoms. The van der Waals surface area contributed by atoms with Gasteiger partial charge in [0.2, 0.25) is 0 Å². The van der Waals surface area contributed by atoms with Gasteiger partial charge in [0, 0.05) is 19.1 Å². The highest BCUT2D eigenvalue weighted by Gasteiger charge is 2.33. The third-order valence-electron chi connectivity index (χ3n) is 4.24. The Hall–Kier alpha value is -0.840. The fraction of sp³-hybridized carbons (Fsp3) is 0.750. The molecule has 20 heavy (non-hydrogen) atoms. The van der Waals surface area contributed by atoms with Gasteiger partial charge in [-0.3, -0.25) is 4.90 Å². The molecule has 2 bridgehead atoms. The predicted molar refractivity (Wildman–Crippen MR) is 78.6 cm³/mol. The first-order chi connectivity index (χ1) is 9.60. The van der Waals surface area contributed by atoms with Crippen LogP contribution >= 0.6 is 0 Å². The van der Waals surface area contributed by atoms with Crippen molar-refractivity contribution in [3.8, 4) is 0 Å². The van der Waals surface area contributed by atoms with Crippen molar-refractivity contribution in [2.45, 2.75) is 65.0 Å². The number of nitrogens with zero attached hydrogens (tertiary/aromatic N) is 1. The van der Waals surface area contributed by atoms with Crippen LogP contribution in [-0.2, 0) is 17.8 Å². The maximum absolute atomic E-state index is 6.01. The Morgan fingerprint density at radius 1 is 1.30 bits per heavy atom. The number of rotatable bonds is 5. The maximum Gasteiger partial charge on any atom is 0.120 e. The summed E-state index contributed by atoms with van der Waals surface area (Å²) in [6.45, 7) is 10.3. The molecule has 112 valence electrons. The number of fused-ring (bicyclic) bond motifs is 2. The maximum atomic E-state index is 6.01. The van der Waals surface area contributed by atoms with Gasteiger partial charge in [-0.15, -0.1) is 0 Å². The van der Waals surface area contributed by atoms with E-state index in [9.17, 15) is 0 Å². The molecule has 1 aromatic rings. The Balaban J connectivity index is 1.59. The molecule has 0 aromatic carbocycles. The molecule has 3 rings (SSSR count). The molecular formula is C16H26N2O2. The van der Waals surface area contributed by atoms with Crippen molar-refractivity contribution in [1.29, 1.82) is 0 Å². The zero-order valence-electron chi connectivity index (χ0n) is 12.8. The first-order valence-electron chi connectivity index (χ1n) is 7.79. The second kappa shape index (κ2) is 5.88. The van der Waals surface area contributed by atoms with Crippen LogP contribution in [0.3, 0.4) is 0 Å². The van der Waals surface area contributed by atoms with E-state index >= 15 is 0 Å². The van der Waals surface area contributed by atoms with Crippen molar-refractivity contribution in [3.63, 3.8) is 0 Å². The summed E-state index contributed by atoms with van der Waals surface area (Å²) in [5, 5.41) is 3.42. The van der Waals surface area contributed by atoms with Crippen LogP contribution in [0, 0.1) is 6.92 Å². The molecule has 3 heterocycles. The number of likely N-dealkylation sites (tertiary alicyclic amines) is 1. The zero-order chi connectivity index (χ0) is 14.1. The largest absolute Gasteiger partial charge is 0.463 e. The van der Waals surface area contributed by atoms with Crippen LogP contribution in [-0.4, -0.2) is 36.2 Å². The second-order valence-electron chi connectivity index (χ2n) is 6.51. The van der Waals surface area contributed by atoms with Gasteiger partial charge in [-0.05, 0) is 31.4 Å². The standard InChI is InChI=1S/C16H26N2O2/c1-11(2)17-7-16-12(3)6-15(20-16)10-18-8-13-4-5-14(9-18)19-13/h6,11,13-14,17H,4-5,7-10H2,1-3H3. The lowest BCUT2D eigenvalue weighted by atomic mass is 10.2. The van der Waals surface area contributed by atoms with Crippen molar-refractivity contribution in [1.82, 2.24) is 10.2 Å². The summed E-state index contributed by atoms with van der Waals surface area (Å²) >= 11 is 0. The lowest BCUT2D eigenvalue weighted by molar-refractivity contribution is -0.0427. The van der Waals surface area contributed by atoms with Crippen LogP contribution in [0.5, 0.6) is 0 Å². The van der Waals surface area contributed by atoms with E-state index < -0.39 is 0 Å². The molecule has 2 saturated heterocycles. The SMILES string of the molecule is Cc1cc(CN2CC3CCC(C2)O3)oc1CNC(C)C. The summed E-state index contributed by atoms with van der Waals surface area (Å²) in [7, 11) is 0. The Kier molecular flexibility index (Phi) is 4.15. The topological polar surface area (TPSA) is 37.6 Å². The van der Waals surface area contributed by atoms with Crippen molar-refractivity contribution < 1.29 is 9.15 Å². The molecule has 0 radical (unpaired) electrons. The first kappa shape index (κ1) is 14.1. The van der Waals surface area contributed by atoms with Crippen LogP contribution in [0.25, 0.3) is 0 Å². The van der Waals surface area contributed by atoms with Crippen molar-refractivity contribution in [2.75, 3.05) is 13.1 Å². The third-order valence-corrected chi connectivity index (χ3v) is 4.24. The fourth-order valence-electron chi connectivity index (χ4n) is 3.19. The molecule has 2 aliphatic heterocycles. The van der Waals surface area contributed by atoms with Crippen LogP contribution in [0.15, 0.2) is 10.5 Å². The van der Waals surface area contributed by atoms with Gasteiger partial charge < -0.3 is 14.5 Å². The second-order valence-corrected chi connectivity index (χ2v) is 6.51. The summed E-state index contributed by atoms with van der Waals surface area (Å²) < 4.78 is 11.9. The van der Waals surface area contributed by atoms with Gasteiger partial charge in [0.1, 0.15) is 11.5 Å². The van der Waals surface area contributed by atoms with Gasteiger partial charge in [0.25, 0.3) is 0 Å². The van der Waals surface area contributed by atoms with Crippen LogP contribution in [0.2, 0.25) is 0 Å². The number of ether oxygens (including phenoxy) is 1. The number of hydrogen-bond donors (Lipinski definition) is 1. The predicted octanol–water partition coefficient (Wildman–Crippen LogP) is 2.45. The summed E-state index contributed by atoms with van der Waals surface area (Å²) in [4.78, 5) is 2.48. The van der Waals surface area contributed by atoms with E-state index in [0.29, 0.717) is 18.2 Å². The Morgan fingerprint density at radius 3 is 2.65 bits per heavy atom. The Bertz CT molecular complexity index is 443. The minimum absolute atomic E-state index is 0.451. The lowest BCUT2D eigenvalue weighted by Gasteiger charge is -2.31. The monoisotopic (exact) mass is 278 g/mol. The number of hydrogen-bond acceptors (Lipinski definition) is 4. The molecule has 4 heteroatoms. The van der Waals surface area contributed by atoms with E-state index in [2.05, 4.69) is 37.1 Å². The molecule has 2 unspecified atom stereocenters. The normalized spacial score (nSPS) is 26.6. The van der Waals surface area contributed by atoms with Gasteiger partial charge in [-0.2, -0.15) is 0 Å². The molecule has 2 aliphatic rings. The quantitative estimate of drug-likeness (QED) is 0.898. The molecule has 2 fully saturated rings. The zero-order valence-corrected chi connectivity index (χ0v) is 12.8. The first-order valence-corrected chi connectivity index (χ1v) is 7.79.